The summed E-state index contributed by atoms with van der Waals surface area (Å²) in [5, 5.41) is 8.55. The zero-order chi connectivity index (χ0) is 21.3. The Kier molecular flexibility index (Phi) is 5.28. The number of anilines is 1. The molecule has 1 aromatic carbocycles. The van der Waals surface area contributed by atoms with Gasteiger partial charge in [-0.15, -0.1) is 11.3 Å². The van der Waals surface area contributed by atoms with Crippen molar-refractivity contribution in [3.05, 3.63) is 70.4 Å². The lowest BCUT2D eigenvalue weighted by atomic mass is 10.1. The third-order valence-electron chi connectivity index (χ3n) is 4.23. The highest BCUT2D eigenvalue weighted by Crippen LogP contribution is 2.27. The molecule has 0 unspecified atom stereocenters. The van der Waals surface area contributed by atoms with Gasteiger partial charge in [0.25, 0.3) is 0 Å². The Balaban J connectivity index is 1.73. The van der Waals surface area contributed by atoms with Gasteiger partial charge in [-0.05, 0) is 49.6 Å². The quantitative estimate of drug-likeness (QED) is 0.466. The monoisotopic (exact) mass is 424 g/mol. The zero-order valence-electron chi connectivity index (χ0n) is 16.1. The molecular formula is C21H17FN4O3S. The van der Waals surface area contributed by atoms with Crippen LogP contribution in [0.25, 0.3) is 16.9 Å². The molecule has 0 aliphatic rings. The summed E-state index contributed by atoms with van der Waals surface area (Å²) in [5.74, 6) is -0.763. The van der Waals surface area contributed by atoms with Crippen LogP contribution in [0.4, 0.5) is 14.9 Å². The largest absolute Gasteiger partial charge is 0.447 e. The summed E-state index contributed by atoms with van der Waals surface area (Å²) in [5.41, 5.74) is 1.92. The maximum absolute atomic E-state index is 14.2. The third kappa shape index (κ3) is 3.79. The molecule has 0 radical (unpaired) electrons. The second kappa shape index (κ2) is 8.03. The molecule has 0 bridgehead atoms. The van der Waals surface area contributed by atoms with Crippen LogP contribution in [0, 0.1) is 5.82 Å². The molecule has 3 heterocycles. The molecule has 0 atom stereocenters. The fourth-order valence-electron chi connectivity index (χ4n) is 2.94. The number of rotatable bonds is 5. The van der Waals surface area contributed by atoms with Crippen molar-refractivity contribution in [2.24, 2.45) is 0 Å². The van der Waals surface area contributed by atoms with Crippen molar-refractivity contribution in [1.29, 1.82) is 0 Å². The van der Waals surface area contributed by atoms with Crippen molar-refractivity contribution in [3.8, 4) is 11.3 Å². The summed E-state index contributed by atoms with van der Waals surface area (Å²) in [7, 11) is 0. The van der Waals surface area contributed by atoms with Crippen LogP contribution in [0.1, 0.15) is 29.1 Å². The number of aromatic nitrogens is 3. The minimum absolute atomic E-state index is 0.0230. The first-order valence-electron chi connectivity index (χ1n) is 9.12. The van der Waals surface area contributed by atoms with Gasteiger partial charge >= 0.3 is 6.09 Å². The second-order valence-electron chi connectivity index (χ2n) is 6.70. The Hall–Kier alpha value is -3.59. The highest BCUT2D eigenvalue weighted by Gasteiger charge is 2.19. The molecule has 0 fully saturated rings. The fourth-order valence-corrected chi connectivity index (χ4v) is 3.62. The standard InChI is InChI=1S/C21H17FN4O3S/c1-12(2)29-21(28)25-16-10-13(5-6-15(16)22)17-7-8-23-20-14(11-24-26(17)20)19(27)18-4-3-9-30-18/h3-12H,1-2H3,(H,25,28). The number of fused-ring (bicyclic) bond motifs is 1. The van der Waals surface area contributed by atoms with Crippen molar-refractivity contribution >= 4 is 34.5 Å². The number of halogens is 1. The van der Waals surface area contributed by atoms with Crippen LogP contribution in [0.15, 0.2) is 54.2 Å². The molecule has 1 N–H and O–H groups in total. The van der Waals surface area contributed by atoms with Crippen molar-refractivity contribution in [2.45, 2.75) is 20.0 Å². The molecule has 4 rings (SSSR count). The van der Waals surface area contributed by atoms with Crippen LogP contribution >= 0.6 is 11.3 Å². The number of ketones is 1. The lowest BCUT2D eigenvalue weighted by Crippen LogP contribution is -2.18. The summed E-state index contributed by atoms with van der Waals surface area (Å²) in [4.78, 5) is 29.5. The number of carbonyl (C=O) groups excluding carboxylic acids is 2. The molecular weight excluding hydrogens is 407 g/mol. The normalized spacial score (nSPS) is 11.1. The molecule has 30 heavy (non-hydrogen) atoms. The molecule has 0 spiro atoms. The molecule has 0 aliphatic carbocycles. The molecule has 1 amide bonds. The lowest BCUT2D eigenvalue weighted by Gasteiger charge is -2.12. The number of ether oxygens (including phenoxy) is 1. The number of hydrogen-bond donors (Lipinski definition) is 1. The van der Waals surface area contributed by atoms with Crippen LogP contribution in [-0.4, -0.2) is 32.6 Å². The van der Waals surface area contributed by atoms with Crippen molar-refractivity contribution in [3.63, 3.8) is 0 Å². The van der Waals surface area contributed by atoms with E-state index in [0.29, 0.717) is 27.3 Å². The topological polar surface area (TPSA) is 85.6 Å². The number of benzene rings is 1. The van der Waals surface area contributed by atoms with Gasteiger partial charge in [0.2, 0.25) is 5.78 Å². The summed E-state index contributed by atoms with van der Waals surface area (Å²) in [6.45, 7) is 3.40. The van der Waals surface area contributed by atoms with Gasteiger partial charge in [-0.3, -0.25) is 10.1 Å². The van der Waals surface area contributed by atoms with E-state index in [9.17, 15) is 14.0 Å². The van der Waals surface area contributed by atoms with E-state index in [4.69, 9.17) is 4.74 Å². The average Bonchev–Trinajstić information content (AvgIpc) is 3.38. The van der Waals surface area contributed by atoms with Gasteiger partial charge in [0.1, 0.15) is 5.82 Å². The highest BCUT2D eigenvalue weighted by atomic mass is 32.1. The van der Waals surface area contributed by atoms with Gasteiger partial charge in [0.15, 0.2) is 5.65 Å². The number of amides is 1. The molecule has 3 aromatic heterocycles. The van der Waals surface area contributed by atoms with E-state index in [0.717, 1.165) is 0 Å². The van der Waals surface area contributed by atoms with Crippen molar-refractivity contribution in [2.75, 3.05) is 5.32 Å². The maximum atomic E-state index is 14.2. The van der Waals surface area contributed by atoms with E-state index in [-0.39, 0.29) is 17.6 Å². The lowest BCUT2D eigenvalue weighted by molar-refractivity contribution is 0.104. The predicted octanol–water partition coefficient (Wildman–Crippen LogP) is 4.78. The first kappa shape index (κ1) is 19.7. The van der Waals surface area contributed by atoms with Gasteiger partial charge in [0, 0.05) is 11.8 Å². The summed E-state index contributed by atoms with van der Waals surface area (Å²) >= 11 is 1.34. The Bertz CT molecular complexity index is 1230. The minimum atomic E-state index is -0.746. The SMILES string of the molecule is CC(C)OC(=O)Nc1cc(-c2ccnc3c(C(=O)c4cccs4)cnn23)ccc1F. The predicted molar refractivity (Wildman–Crippen MR) is 111 cm³/mol. The number of nitrogens with zero attached hydrogens (tertiary/aromatic N) is 3. The van der Waals surface area contributed by atoms with E-state index in [1.165, 1.54) is 34.2 Å². The molecule has 0 saturated heterocycles. The summed E-state index contributed by atoms with van der Waals surface area (Å²) < 4.78 is 20.7. The zero-order valence-corrected chi connectivity index (χ0v) is 16.9. The van der Waals surface area contributed by atoms with E-state index in [1.807, 2.05) is 5.38 Å². The molecule has 152 valence electrons. The van der Waals surface area contributed by atoms with E-state index in [2.05, 4.69) is 15.4 Å². The molecule has 7 nitrogen and oxygen atoms in total. The number of nitrogens with one attached hydrogen (secondary N) is 1. The smallest absolute Gasteiger partial charge is 0.411 e. The van der Waals surface area contributed by atoms with Crippen LogP contribution in [0.5, 0.6) is 0 Å². The van der Waals surface area contributed by atoms with Gasteiger partial charge in [-0.25, -0.2) is 18.7 Å². The Morgan fingerprint density at radius 2 is 2.07 bits per heavy atom. The van der Waals surface area contributed by atoms with Gasteiger partial charge in [0.05, 0.1) is 34.1 Å². The summed E-state index contributed by atoms with van der Waals surface area (Å²) in [6, 6.07) is 9.53. The molecule has 0 saturated carbocycles. The van der Waals surface area contributed by atoms with E-state index < -0.39 is 11.9 Å². The Morgan fingerprint density at radius 3 is 2.80 bits per heavy atom. The number of thiophene rings is 1. The van der Waals surface area contributed by atoms with E-state index in [1.54, 1.807) is 44.3 Å². The second-order valence-corrected chi connectivity index (χ2v) is 7.65. The van der Waals surface area contributed by atoms with Gasteiger partial charge in [-0.1, -0.05) is 6.07 Å². The average molecular weight is 424 g/mol. The molecule has 9 heteroatoms. The van der Waals surface area contributed by atoms with Crippen molar-refractivity contribution in [1.82, 2.24) is 14.6 Å². The van der Waals surface area contributed by atoms with E-state index >= 15 is 0 Å². The number of hydrogen-bond acceptors (Lipinski definition) is 6. The highest BCUT2D eigenvalue weighted by molar-refractivity contribution is 7.12. The third-order valence-corrected chi connectivity index (χ3v) is 5.10. The van der Waals surface area contributed by atoms with Gasteiger partial charge < -0.3 is 4.74 Å². The maximum Gasteiger partial charge on any atom is 0.411 e. The van der Waals surface area contributed by atoms with Crippen LogP contribution in [0.3, 0.4) is 0 Å². The van der Waals surface area contributed by atoms with Crippen LogP contribution in [0.2, 0.25) is 0 Å². The first-order chi connectivity index (χ1) is 14.4. The Labute approximate surface area is 175 Å². The van der Waals surface area contributed by atoms with Crippen molar-refractivity contribution < 1.29 is 18.7 Å². The van der Waals surface area contributed by atoms with Crippen LogP contribution in [-0.2, 0) is 4.74 Å². The Morgan fingerprint density at radius 1 is 1.23 bits per heavy atom. The minimum Gasteiger partial charge on any atom is -0.447 e. The fraction of sp³-hybridized carbons (Fsp3) is 0.143. The van der Waals surface area contributed by atoms with Crippen LogP contribution < -0.4 is 5.32 Å². The number of carbonyl (C=O) groups is 2. The van der Waals surface area contributed by atoms with Gasteiger partial charge in [-0.2, -0.15) is 5.10 Å². The first-order valence-corrected chi connectivity index (χ1v) is 10.0. The molecule has 0 aliphatic heterocycles. The summed E-state index contributed by atoms with van der Waals surface area (Å²) in [6.07, 6.45) is 1.95. The molecule has 4 aromatic rings.